The Bertz CT molecular complexity index is 1460. The first kappa shape index (κ1) is 21.0. The quantitative estimate of drug-likeness (QED) is 0.466. The Hall–Kier alpha value is -3.87. The number of carbonyl (C=O) groups is 2. The molecular weight excluding hydrogens is 422 g/mol. The van der Waals surface area contributed by atoms with Crippen molar-refractivity contribution in [2.75, 3.05) is 6.54 Å². The van der Waals surface area contributed by atoms with Gasteiger partial charge in [-0.2, -0.15) is 0 Å². The SMILES string of the molecule is Cc1ccc(-c2coc3cc4oc(=O)c(CC(=O)N5CCCC5C(=O)O)c(C)c4cc23)cc1. The standard InChI is InChI=1S/C26H23NO6/c1-14-5-7-16(8-6-14)20-13-32-22-12-23-17(10-19(20)22)15(2)18(26(31)33-23)11-24(28)27-9-3-4-21(27)25(29)30/h5-8,10,12-13,21H,3-4,9,11H2,1-2H3,(H,29,30). The number of aryl methyl sites for hydroxylation is 2. The molecule has 168 valence electrons. The van der Waals surface area contributed by atoms with Crippen LogP contribution in [0.15, 0.2) is 56.3 Å². The van der Waals surface area contributed by atoms with E-state index in [2.05, 4.69) is 0 Å². The van der Waals surface area contributed by atoms with Crippen LogP contribution in [0.5, 0.6) is 0 Å². The lowest BCUT2D eigenvalue weighted by Crippen LogP contribution is -2.41. The topological polar surface area (TPSA) is 101 Å². The van der Waals surface area contributed by atoms with Crippen LogP contribution in [0.1, 0.15) is 29.5 Å². The number of carboxylic acids is 1. The van der Waals surface area contributed by atoms with E-state index in [0.29, 0.717) is 36.1 Å². The van der Waals surface area contributed by atoms with Crippen molar-refractivity contribution < 1.29 is 23.5 Å². The number of likely N-dealkylation sites (tertiary alicyclic amines) is 1. The van der Waals surface area contributed by atoms with Crippen molar-refractivity contribution in [3.8, 4) is 11.1 Å². The lowest BCUT2D eigenvalue weighted by molar-refractivity contribution is -0.148. The first-order valence-corrected chi connectivity index (χ1v) is 10.9. The van der Waals surface area contributed by atoms with Crippen molar-refractivity contribution in [1.82, 2.24) is 4.90 Å². The summed E-state index contributed by atoms with van der Waals surface area (Å²) < 4.78 is 11.3. The molecule has 5 rings (SSSR count). The molecule has 0 radical (unpaired) electrons. The summed E-state index contributed by atoms with van der Waals surface area (Å²) in [5.41, 5.74) is 4.40. The minimum absolute atomic E-state index is 0.192. The minimum atomic E-state index is -1.02. The highest BCUT2D eigenvalue weighted by molar-refractivity contribution is 6.02. The van der Waals surface area contributed by atoms with Gasteiger partial charge in [0.15, 0.2) is 0 Å². The van der Waals surface area contributed by atoms with Crippen LogP contribution in [-0.2, 0) is 16.0 Å². The van der Waals surface area contributed by atoms with E-state index in [0.717, 1.165) is 27.5 Å². The maximum atomic E-state index is 12.9. The number of amides is 1. The Kier molecular flexibility index (Phi) is 5.04. The number of rotatable bonds is 4. The van der Waals surface area contributed by atoms with Gasteiger partial charge in [0, 0.05) is 28.9 Å². The number of carbonyl (C=O) groups excluding carboxylic acids is 1. The predicted molar refractivity (Wildman–Crippen MR) is 123 cm³/mol. The largest absolute Gasteiger partial charge is 0.480 e. The smallest absolute Gasteiger partial charge is 0.340 e. The molecule has 3 heterocycles. The van der Waals surface area contributed by atoms with Crippen LogP contribution in [0.2, 0.25) is 0 Å². The summed E-state index contributed by atoms with van der Waals surface area (Å²) in [6.07, 6.45) is 2.55. The maximum Gasteiger partial charge on any atom is 0.340 e. The minimum Gasteiger partial charge on any atom is -0.480 e. The molecule has 2 aromatic carbocycles. The molecule has 1 aliphatic rings. The Morgan fingerprint density at radius 2 is 1.85 bits per heavy atom. The molecule has 1 unspecified atom stereocenters. The third-order valence-corrected chi connectivity index (χ3v) is 6.53. The van der Waals surface area contributed by atoms with E-state index in [9.17, 15) is 19.5 Å². The highest BCUT2D eigenvalue weighted by atomic mass is 16.4. The van der Waals surface area contributed by atoms with E-state index in [4.69, 9.17) is 8.83 Å². The zero-order valence-electron chi connectivity index (χ0n) is 18.4. The molecule has 33 heavy (non-hydrogen) atoms. The van der Waals surface area contributed by atoms with Crippen molar-refractivity contribution in [2.24, 2.45) is 0 Å². The maximum absolute atomic E-state index is 12.9. The summed E-state index contributed by atoms with van der Waals surface area (Å²) in [4.78, 5) is 38.4. The van der Waals surface area contributed by atoms with Crippen LogP contribution in [0, 0.1) is 13.8 Å². The van der Waals surface area contributed by atoms with Gasteiger partial charge >= 0.3 is 11.6 Å². The summed E-state index contributed by atoms with van der Waals surface area (Å²) >= 11 is 0. The average Bonchev–Trinajstić information content (AvgIpc) is 3.43. The number of carboxylic acid groups (broad SMARTS) is 1. The third kappa shape index (κ3) is 3.59. The lowest BCUT2D eigenvalue weighted by atomic mass is 9.99. The summed E-state index contributed by atoms with van der Waals surface area (Å²) in [6, 6.07) is 10.9. The van der Waals surface area contributed by atoms with Gasteiger partial charge in [0.2, 0.25) is 5.91 Å². The molecule has 1 aliphatic heterocycles. The van der Waals surface area contributed by atoms with Crippen LogP contribution < -0.4 is 5.63 Å². The van der Waals surface area contributed by atoms with E-state index in [-0.39, 0.29) is 17.9 Å². The average molecular weight is 445 g/mol. The van der Waals surface area contributed by atoms with E-state index >= 15 is 0 Å². The summed E-state index contributed by atoms with van der Waals surface area (Å²) in [5.74, 6) is -1.39. The van der Waals surface area contributed by atoms with Gasteiger partial charge < -0.3 is 18.8 Å². The first-order chi connectivity index (χ1) is 15.8. The van der Waals surface area contributed by atoms with Crippen molar-refractivity contribution in [1.29, 1.82) is 0 Å². The molecule has 4 aromatic rings. The van der Waals surface area contributed by atoms with Crippen molar-refractivity contribution in [3.63, 3.8) is 0 Å². The number of fused-ring (bicyclic) bond motifs is 2. The van der Waals surface area contributed by atoms with Gasteiger partial charge in [-0.05, 0) is 43.9 Å². The molecule has 2 aromatic heterocycles. The van der Waals surface area contributed by atoms with Gasteiger partial charge in [-0.25, -0.2) is 9.59 Å². The van der Waals surface area contributed by atoms with E-state index in [1.54, 1.807) is 19.3 Å². The second-order valence-electron chi connectivity index (χ2n) is 8.61. The first-order valence-electron chi connectivity index (χ1n) is 10.9. The van der Waals surface area contributed by atoms with E-state index in [1.807, 2.05) is 37.3 Å². The fourth-order valence-electron chi connectivity index (χ4n) is 4.65. The van der Waals surface area contributed by atoms with Gasteiger partial charge in [-0.1, -0.05) is 29.8 Å². The molecule has 1 saturated heterocycles. The monoisotopic (exact) mass is 445 g/mol. The molecule has 1 amide bonds. The number of nitrogens with zero attached hydrogens (tertiary/aromatic N) is 1. The molecule has 0 saturated carbocycles. The van der Waals surface area contributed by atoms with E-state index < -0.39 is 17.6 Å². The van der Waals surface area contributed by atoms with Crippen LogP contribution >= 0.6 is 0 Å². The highest BCUT2D eigenvalue weighted by Gasteiger charge is 2.34. The second-order valence-corrected chi connectivity index (χ2v) is 8.61. The van der Waals surface area contributed by atoms with Gasteiger partial charge in [-0.15, -0.1) is 0 Å². The molecule has 0 bridgehead atoms. The number of hydrogen-bond acceptors (Lipinski definition) is 5. The number of aliphatic carboxylic acids is 1. The predicted octanol–water partition coefficient (Wildman–Crippen LogP) is 4.44. The number of benzene rings is 2. The summed E-state index contributed by atoms with van der Waals surface area (Å²) in [5, 5.41) is 11.0. The van der Waals surface area contributed by atoms with Gasteiger partial charge in [0.25, 0.3) is 0 Å². The molecule has 1 fully saturated rings. The number of furan rings is 1. The molecule has 0 aliphatic carbocycles. The van der Waals surface area contributed by atoms with Crippen molar-refractivity contribution >= 4 is 33.8 Å². The van der Waals surface area contributed by atoms with Crippen LogP contribution in [0.3, 0.4) is 0 Å². The molecule has 0 spiro atoms. The molecule has 7 heteroatoms. The van der Waals surface area contributed by atoms with Gasteiger partial charge in [-0.3, -0.25) is 4.79 Å². The zero-order valence-corrected chi connectivity index (χ0v) is 18.4. The molecule has 1 atom stereocenters. The Balaban J connectivity index is 1.58. The van der Waals surface area contributed by atoms with Crippen LogP contribution in [0.4, 0.5) is 0 Å². The van der Waals surface area contributed by atoms with Crippen molar-refractivity contribution in [2.45, 2.75) is 39.2 Å². The molecule has 1 N–H and O–H groups in total. The van der Waals surface area contributed by atoms with Gasteiger partial charge in [0.05, 0.1) is 18.2 Å². The summed E-state index contributed by atoms with van der Waals surface area (Å²) in [7, 11) is 0. The van der Waals surface area contributed by atoms with Crippen molar-refractivity contribution in [3.05, 3.63) is 69.8 Å². The second kappa shape index (κ2) is 7.92. The Labute approximate surface area is 189 Å². The molecular formula is C26H23NO6. The lowest BCUT2D eigenvalue weighted by Gasteiger charge is -2.21. The molecule has 7 nitrogen and oxygen atoms in total. The summed E-state index contributed by atoms with van der Waals surface area (Å²) in [6.45, 7) is 4.20. The number of hydrogen-bond donors (Lipinski definition) is 1. The van der Waals surface area contributed by atoms with Gasteiger partial charge in [0.1, 0.15) is 17.2 Å². The van der Waals surface area contributed by atoms with E-state index in [1.165, 1.54) is 4.90 Å². The highest BCUT2D eigenvalue weighted by Crippen LogP contribution is 2.35. The normalized spacial score (nSPS) is 16.1. The third-order valence-electron chi connectivity index (χ3n) is 6.53. The van der Waals surface area contributed by atoms with Crippen LogP contribution in [0.25, 0.3) is 33.1 Å². The Morgan fingerprint density at radius 1 is 1.09 bits per heavy atom. The fraction of sp³-hybridized carbons (Fsp3) is 0.269. The zero-order chi connectivity index (χ0) is 23.3. The van der Waals surface area contributed by atoms with Crippen LogP contribution in [-0.4, -0.2) is 34.5 Å². The fourth-order valence-corrected chi connectivity index (χ4v) is 4.65. The Morgan fingerprint density at radius 3 is 2.58 bits per heavy atom.